The van der Waals surface area contributed by atoms with E-state index in [1.54, 1.807) is 0 Å². The molecule has 0 bridgehead atoms. The van der Waals surface area contributed by atoms with E-state index in [2.05, 4.69) is 19.9 Å². The minimum Gasteiger partial charge on any atom is -0.506 e. The summed E-state index contributed by atoms with van der Waals surface area (Å²) in [5.41, 5.74) is 2.16. The zero-order chi connectivity index (χ0) is 19.2. The molecule has 1 rings (SSSR count). The van der Waals surface area contributed by atoms with Crippen molar-refractivity contribution in [2.45, 2.75) is 103 Å². The van der Waals surface area contributed by atoms with E-state index in [9.17, 15) is 5.11 Å². The predicted octanol–water partition coefficient (Wildman–Crippen LogP) is 7.65. The van der Waals surface area contributed by atoms with Gasteiger partial charge < -0.3 is 10.0 Å². The molecule has 1 aromatic carbocycles. The summed E-state index contributed by atoms with van der Waals surface area (Å²) in [7, 11) is 3.93. The van der Waals surface area contributed by atoms with Crippen LogP contribution in [0.3, 0.4) is 0 Å². The number of unbranched alkanes of at least 4 members (excludes halogenated alkanes) is 11. The molecule has 1 N–H and O–H groups in total. The number of benzene rings is 1. The number of aromatic hydroxyl groups is 1. The molecule has 0 fully saturated rings. The first kappa shape index (κ1) is 22.9. The van der Waals surface area contributed by atoms with Crippen LogP contribution in [-0.4, -0.2) is 19.2 Å². The summed E-state index contributed by atoms with van der Waals surface area (Å²) in [5, 5.41) is 10.1. The number of hydrogen-bond donors (Lipinski definition) is 1. The Morgan fingerprint density at radius 1 is 0.808 bits per heavy atom. The first-order valence-corrected chi connectivity index (χ1v) is 11.1. The van der Waals surface area contributed by atoms with E-state index in [1.165, 1.54) is 89.0 Å². The summed E-state index contributed by atoms with van der Waals surface area (Å²) in [4.78, 5) is 1.95. The number of hydrogen-bond acceptors (Lipinski definition) is 2. The van der Waals surface area contributed by atoms with E-state index >= 15 is 0 Å². The van der Waals surface area contributed by atoms with Crippen molar-refractivity contribution in [3.63, 3.8) is 0 Å². The number of phenolic OH excluding ortho intramolecular Hbond substituents is 1. The Kier molecular flexibility index (Phi) is 12.3. The van der Waals surface area contributed by atoms with Gasteiger partial charge in [0.05, 0.1) is 5.69 Å². The Morgan fingerprint density at radius 2 is 1.31 bits per heavy atom. The summed E-state index contributed by atoms with van der Waals surface area (Å²) < 4.78 is 0. The lowest BCUT2D eigenvalue weighted by Crippen LogP contribution is -2.09. The zero-order valence-corrected chi connectivity index (χ0v) is 17.9. The molecular weight excluding hydrogens is 318 g/mol. The third kappa shape index (κ3) is 9.50. The molecule has 0 spiro atoms. The third-order valence-corrected chi connectivity index (χ3v) is 5.54. The lowest BCUT2D eigenvalue weighted by Gasteiger charge is -2.17. The van der Waals surface area contributed by atoms with Crippen LogP contribution < -0.4 is 4.90 Å². The molecule has 0 aliphatic heterocycles. The van der Waals surface area contributed by atoms with Crippen molar-refractivity contribution in [2.75, 3.05) is 19.0 Å². The number of nitrogens with zero attached hydrogens (tertiary/aromatic N) is 1. The van der Waals surface area contributed by atoms with Crippen molar-refractivity contribution in [1.29, 1.82) is 0 Å². The highest BCUT2D eigenvalue weighted by Gasteiger charge is 2.09. The van der Waals surface area contributed by atoms with Crippen LogP contribution in [0.1, 0.15) is 109 Å². The first-order chi connectivity index (χ1) is 12.6. The highest BCUT2D eigenvalue weighted by atomic mass is 16.3. The van der Waals surface area contributed by atoms with Crippen LogP contribution in [0.2, 0.25) is 0 Å². The lowest BCUT2D eigenvalue weighted by atomic mass is 9.94. The maximum Gasteiger partial charge on any atom is 0.139 e. The summed E-state index contributed by atoms with van der Waals surface area (Å²) in [6, 6.07) is 6.14. The van der Waals surface area contributed by atoms with Gasteiger partial charge in [0.15, 0.2) is 0 Å². The van der Waals surface area contributed by atoms with Crippen molar-refractivity contribution in [3.8, 4) is 5.75 Å². The van der Waals surface area contributed by atoms with Crippen molar-refractivity contribution < 1.29 is 5.11 Å². The predicted molar refractivity (Wildman–Crippen MR) is 117 cm³/mol. The van der Waals surface area contributed by atoms with Crippen LogP contribution in [0.4, 0.5) is 5.69 Å². The van der Waals surface area contributed by atoms with Gasteiger partial charge in [0.2, 0.25) is 0 Å². The van der Waals surface area contributed by atoms with E-state index in [-0.39, 0.29) is 0 Å². The first-order valence-electron chi connectivity index (χ1n) is 11.1. The molecule has 0 aromatic heterocycles. The van der Waals surface area contributed by atoms with Gasteiger partial charge in [-0.1, -0.05) is 97.0 Å². The van der Waals surface area contributed by atoms with Gasteiger partial charge >= 0.3 is 0 Å². The van der Waals surface area contributed by atoms with Crippen LogP contribution in [-0.2, 0) is 0 Å². The van der Waals surface area contributed by atoms with E-state index in [4.69, 9.17) is 0 Å². The molecule has 1 atom stereocenters. The molecule has 1 unspecified atom stereocenters. The van der Waals surface area contributed by atoms with E-state index < -0.39 is 0 Å². The fourth-order valence-corrected chi connectivity index (χ4v) is 3.68. The van der Waals surface area contributed by atoms with Gasteiger partial charge in [0.25, 0.3) is 0 Å². The second-order valence-corrected chi connectivity index (χ2v) is 8.22. The highest BCUT2D eigenvalue weighted by Crippen LogP contribution is 2.31. The molecule has 1 aromatic rings. The fourth-order valence-electron chi connectivity index (χ4n) is 3.68. The molecule has 0 heterocycles. The van der Waals surface area contributed by atoms with Crippen LogP contribution in [0.25, 0.3) is 0 Å². The second kappa shape index (κ2) is 13.9. The van der Waals surface area contributed by atoms with Gasteiger partial charge in [0, 0.05) is 14.1 Å². The van der Waals surface area contributed by atoms with Crippen LogP contribution in [0.5, 0.6) is 5.75 Å². The summed E-state index contributed by atoms with van der Waals surface area (Å²) in [6.45, 7) is 4.56. The van der Waals surface area contributed by atoms with Gasteiger partial charge in [0.1, 0.15) is 5.75 Å². The molecule has 0 saturated carbocycles. The van der Waals surface area contributed by atoms with Gasteiger partial charge in [-0.05, 0) is 30.0 Å². The molecule has 26 heavy (non-hydrogen) atoms. The quantitative estimate of drug-likeness (QED) is 0.324. The van der Waals surface area contributed by atoms with Gasteiger partial charge in [-0.3, -0.25) is 0 Å². The molecule has 150 valence electrons. The molecule has 0 saturated heterocycles. The average molecular weight is 362 g/mol. The normalized spacial score (nSPS) is 12.3. The minimum absolute atomic E-state index is 0.397. The maximum atomic E-state index is 10.1. The third-order valence-electron chi connectivity index (χ3n) is 5.54. The maximum absolute atomic E-state index is 10.1. The van der Waals surface area contributed by atoms with Crippen LogP contribution in [0.15, 0.2) is 18.2 Å². The highest BCUT2D eigenvalue weighted by molar-refractivity contribution is 5.58. The monoisotopic (exact) mass is 361 g/mol. The van der Waals surface area contributed by atoms with Crippen molar-refractivity contribution in [3.05, 3.63) is 23.8 Å². The number of anilines is 1. The zero-order valence-electron chi connectivity index (χ0n) is 17.9. The smallest absolute Gasteiger partial charge is 0.139 e. The van der Waals surface area contributed by atoms with Gasteiger partial charge in [-0.25, -0.2) is 0 Å². The number of phenols is 1. The van der Waals surface area contributed by atoms with E-state index in [0.29, 0.717) is 11.7 Å². The fraction of sp³-hybridized carbons (Fsp3) is 0.750. The standard InChI is InChI=1S/C24H43NO/c1-5-6-7-8-9-10-11-12-13-14-15-16-17-21(2)22-18-19-23(25(3)4)24(26)20-22/h18-21,26H,5-17H2,1-4H3. The van der Waals surface area contributed by atoms with E-state index in [0.717, 1.165) is 5.69 Å². The topological polar surface area (TPSA) is 23.5 Å². The Morgan fingerprint density at radius 3 is 1.77 bits per heavy atom. The lowest BCUT2D eigenvalue weighted by molar-refractivity contribution is 0.473. The Balaban J connectivity index is 2.05. The van der Waals surface area contributed by atoms with Crippen LogP contribution in [0, 0.1) is 0 Å². The van der Waals surface area contributed by atoms with E-state index in [1.807, 2.05) is 31.1 Å². The average Bonchev–Trinajstić information content (AvgIpc) is 2.62. The second-order valence-electron chi connectivity index (χ2n) is 8.22. The molecule has 0 amide bonds. The minimum atomic E-state index is 0.397. The van der Waals surface area contributed by atoms with Crippen LogP contribution >= 0.6 is 0 Å². The summed E-state index contributed by atoms with van der Waals surface area (Å²) >= 11 is 0. The molecule has 2 nitrogen and oxygen atoms in total. The molecule has 2 heteroatoms. The summed E-state index contributed by atoms with van der Waals surface area (Å²) in [6.07, 6.45) is 18.0. The van der Waals surface area contributed by atoms with Crippen molar-refractivity contribution in [1.82, 2.24) is 0 Å². The van der Waals surface area contributed by atoms with Crippen molar-refractivity contribution in [2.24, 2.45) is 0 Å². The number of rotatable bonds is 15. The Hall–Kier alpha value is -1.18. The van der Waals surface area contributed by atoms with Gasteiger partial charge in [-0.15, -0.1) is 0 Å². The molecule has 0 radical (unpaired) electrons. The Bertz CT molecular complexity index is 469. The molecule has 0 aliphatic rings. The van der Waals surface area contributed by atoms with Crippen molar-refractivity contribution >= 4 is 5.69 Å². The van der Waals surface area contributed by atoms with Gasteiger partial charge in [-0.2, -0.15) is 0 Å². The molecular formula is C24H43NO. The largest absolute Gasteiger partial charge is 0.506 e. The summed E-state index contributed by atoms with van der Waals surface area (Å²) in [5.74, 6) is 0.925. The Labute approximate surface area is 163 Å². The molecule has 0 aliphatic carbocycles. The SMILES string of the molecule is CCCCCCCCCCCCCCC(C)c1ccc(N(C)C)c(O)c1.